The van der Waals surface area contributed by atoms with Crippen LogP contribution in [-0.4, -0.2) is 16.6 Å². The molecule has 0 bridgehead atoms. The van der Waals surface area contributed by atoms with Crippen LogP contribution < -0.4 is 10.5 Å². The lowest BCUT2D eigenvalue weighted by Gasteiger charge is -2.03. The first-order valence-corrected chi connectivity index (χ1v) is 3.63. The molecule has 0 radical (unpaired) electrons. The Labute approximate surface area is 75.0 Å². The van der Waals surface area contributed by atoms with Crippen molar-refractivity contribution in [2.45, 2.75) is 0 Å². The van der Waals surface area contributed by atoms with E-state index in [1.54, 1.807) is 6.08 Å². The van der Waals surface area contributed by atoms with Gasteiger partial charge in [-0.3, -0.25) is 0 Å². The minimum Gasteiger partial charge on any atom is -0.472 e. The Morgan fingerprint density at radius 1 is 1.67 bits per heavy atom. The zero-order valence-electron chi connectivity index (χ0n) is 6.33. The standard InChI is InChI=1S/C7H8ClN3O/c1-2-3-12-7-5(8)6(9)10-4-11-7/h2,4H,1,3H2,(H2,9,10,11). The maximum atomic E-state index is 5.72. The van der Waals surface area contributed by atoms with Crippen LogP contribution in [0, 0.1) is 0 Å². The molecular weight excluding hydrogens is 178 g/mol. The number of hydrogen-bond acceptors (Lipinski definition) is 4. The second-order valence-corrected chi connectivity index (χ2v) is 2.36. The summed E-state index contributed by atoms with van der Waals surface area (Å²) < 4.78 is 5.09. The summed E-state index contributed by atoms with van der Waals surface area (Å²) in [5.41, 5.74) is 5.40. The normalized spacial score (nSPS) is 9.42. The maximum absolute atomic E-state index is 5.72. The van der Waals surface area contributed by atoms with E-state index in [1.165, 1.54) is 6.33 Å². The summed E-state index contributed by atoms with van der Waals surface area (Å²) in [5.74, 6) is 0.495. The topological polar surface area (TPSA) is 61.0 Å². The Morgan fingerprint density at radius 3 is 3.08 bits per heavy atom. The maximum Gasteiger partial charge on any atom is 0.238 e. The SMILES string of the molecule is C=CCOc1ncnc(N)c1Cl. The van der Waals surface area contributed by atoms with Gasteiger partial charge in [0.25, 0.3) is 0 Å². The van der Waals surface area contributed by atoms with Gasteiger partial charge in [0, 0.05) is 0 Å². The third kappa shape index (κ3) is 1.85. The number of nitrogens with zero attached hydrogens (tertiary/aromatic N) is 2. The summed E-state index contributed by atoms with van der Waals surface area (Å²) in [6, 6.07) is 0. The fourth-order valence-corrected chi connectivity index (χ4v) is 0.757. The van der Waals surface area contributed by atoms with Crippen LogP contribution in [0.25, 0.3) is 0 Å². The Balaban J connectivity index is 2.84. The molecule has 1 aromatic rings. The van der Waals surface area contributed by atoms with Crippen molar-refractivity contribution in [1.82, 2.24) is 9.97 Å². The second-order valence-electron chi connectivity index (χ2n) is 1.98. The van der Waals surface area contributed by atoms with Crippen LogP contribution in [0.3, 0.4) is 0 Å². The average molecular weight is 186 g/mol. The van der Waals surface area contributed by atoms with Gasteiger partial charge in [-0.15, -0.1) is 0 Å². The number of aromatic nitrogens is 2. The predicted octanol–water partition coefficient (Wildman–Crippen LogP) is 1.28. The lowest BCUT2D eigenvalue weighted by atomic mass is 10.5. The van der Waals surface area contributed by atoms with E-state index in [1.807, 2.05) is 0 Å². The molecule has 64 valence electrons. The summed E-state index contributed by atoms with van der Waals surface area (Å²) in [6.45, 7) is 3.83. The summed E-state index contributed by atoms with van der Waals surface area (Å²) >= 11 is 5.72. The first-order valence-electron chi connectivity index (χ1n) is 3.25. The number of nitrogen functional groups attached to an aromatic ring is 1. The first kappa shape index (κ1) is 8.80. The molecule has 5 heteroatoms. The number of anilines is 1. The van der Waals surface area contributed by atoms with Crippen molar-refractivity contribution >= 4 is 17.4 Å². The van der Waals surface area contributed by atoms with Crippen LogP contribution in [-0.2, 0) is 0 Å². The van der Waals surface area contributed by atoms with Crippen molar-refractivity contribution in [3.05, 3.63) is 24.0 Å². The van der Waals surface area contributed by atoms with E-state index in [2.05, 4.69) is 16.5 Å². The second kappa shape index (κ2) is 3.92. The van der Waals surface area contributed by atoms with Crippen molar-refractivity contribution in [2.24, 2.45) is 0 Å². The highest BCUT2D eigenvalue weighted by Crippen LogP contribution is 2.24. The smallest absolute Gasteiger partial charge is 0.238 e. The van der Waals surface area contributed by atoms with Gasteiger partial charge in [-0.1, -0.05) is 24.3 Å². The zero-order chi connectivity index (χ0) is 8.97. The van der Waals surface area contributed by atoms with E-state index in [0.717, 1.165) is 0 Å². The molecule has 0 spiro atoms. The van der Waals surface area contributed by atoms with E-state index in [9.17, 15) is 0 Å². The highest BCUT2D eigenvalue weighted by atomic mass is 35.5. The quantitative estimate of drug-likeness (QED) is 0.721. The van der Waals surface area contributed by atoms with Gasteiger partial charge in [-0.2, -0.15) is 0 Å². The fourth-order valence-electron chi connectivity index (χ4n) is 0.605. The molecule has 4 nitrogen and oxygen atoms in total. The minimum absolute atomic E-state index is 0.214. The van der Waals surface area contributed by atoms with Crippen molar-refractivity contribution in [2.75, 3.05) is 12.3 Å². The van der Waals surface area contributed by atoms with Crippen LogP contribution in [0.15, 0.2) is 19.0 Å². The molecule has 0 aliphatic rings. The van der Waals surface area contributed by atoms with E-state index >= 15 is 0 Å². The van der Waals surface area contributed by atoms with Crippen molar-refractivity contribution < 1.29 is 4.74 Å². The Kier molecular flexibility index (Phi) is 2.88. The van der Waals surface area contributed by atoms with Gasteiger partial charge < -0.3 is 10.5 Å². The van der Waals surface area contributed by atoms with E-state index in [4.69, 9.17) is 22.1 Å². The van der Waals surface area contributed by atoms with Gasteiger partial charge in [0.15, 0.2) is 0 Å². The Morgan fingerprint density at radius 2 is 2.42 bits per heavy atom. The lowest BCUT2D eigenvalue weighted by molar-refractivity contribution is 0.348. The molecule has 12 heavy (non-hydrogen) atoms. The first-order chi connectivity index (χ1) is 5.75. The molecule has 0 aliphatic carbocycles. The summed E-state index contributed by atoms with van der Waals surface area (Å²) in [4.78, 5) is 7.46. The highest BCUT2D eigenvalue weighted by Gasteiger charge is 2.05. The summed E-state index contributed by atoms with van der Waals surface area (Å²) in [7, 11) is 0. The van der Waals surface area contributed by atoms with E-state index in [0.29, 0.717) is 6.61 Å². The molecular formula is C7H8ClN3O. The zero-order valence-corrected chi connectivity index (χ0v) is 7.08. The monoisotopic (exact) mass is 185 g/mol. The van der Waals surface area contributed by atoms with Gasteiger partial charge in [0.05, 0.1) is 0 Å². The molecule has 0 saturated heterocycles. The Hall–Kier alpha value is -1.29. The molecule has 0 atom stereocenters. The van der Waals surface area contributed by atoms with Gasteiger partial charge in [-0.25, -0.2) is 9.97 Å². The van der Waals surface area contributed by atoms with Crippen LogP contribution >= 0.6 is 11.6 Å². The summed E-state index contributed by atoms with van der Waals surface area (Å²) in [6.07, 6.45) is 2.88. The number of nitrogens with two attached hydrogens (primary N) is 1. The van der Waals surface area contributed by atoms with Gasteiger partial charge in [-0.05, 0) is 0 Å². The van der Waals surface area contributed by atoms with E-state index < -0.39 is 0 Å². The molecule has 1 aromatic heterocycles. The summed E-state index contributed by atoms with van der Waals surface area (Å²) in [5, 5.41) is 0.236. The van der Waals surface area contributed by atoms with Crippen LogP contribution in [0.5, 0.6) is 5.88 Å². The number of hydrogen-bond donors (Lipinski definition) is 1. The number of ether oxygens (including phenoxy) is 1. The van der Waals surface area contributed by atoms with Crippen LogP contribution in [0.1, 0.15) is 0 Å². The van der Waals surface area contributed by atoms with Crippen LogP contribution in [0.4, 0.5) is 5.82 Å². The molecule has 0 unspecified atom stereocenters. The predicted molar refractivity (Wildman–Crippen MR) is 47.1 cm³/mol. The number of rotatable bonds is 3. The van der Waals surface area contributed by atoms with Crippen molar-refractivity contribution in [3.63, 3.8) is 0 Å². The molecule has 0 saturated carbocycles. The third-order valence-electron chi connectivity index (χ3n) is 1.12. The van der Waals surface area contributed by atoms with E-state index in [-0.39, 0.29) is 16.7 Å². The number of halogens is 1. The van der Waals surface area contributed by atoms with Gasteiger partial charge >= 0.3 is 0 Å². The van der Waals surface area contributed by atoms with Crippen LogP contribution in [0.2, 0.25) is 5.02 Å². The molecule has 1 rings (SSSR count). The largest absolute Gasteiger partial charge is 0.472 e. The minimum atomic E-state index is 0.214. The molecule has 0 amide bonds. The molecule has 0 aromatic carbocycles. The molecule has 0 fully saturated rings. The molecule has 0 aliphatic heterocycles. The lowest BCUT2D eigenvalue weighted by Crippen LogP contribution is -2.00. The highest BCUT2D eigenvalue weighted by molar-refractivity contribution is 6.33. The average Bonchev–Trinajstić information content (AvgIpc) is 2.08. The third-order valence-corrected chi connectivity index (χ3v) is 1.48. The van der Waals surface area contributed by atoms with Gasteiger partial charge in [0.1, 0.15) is 23.8 Å². The Bertz CT molecular complexity index is 290. The van der Waals surface area contributed by atoms with Crippen molar-refractivity contribution in [3.8, 4) is 5.88 Å². The van der Waals surface area contributed by atoms with Crippen molar-refractivity contribution in [1.29, 1.82) is 0 Å². The molecule has 1 heterocycles. The van der Waals surface area contributed by atoms with Gasteiger partial charge in [0.2, 0.25) is 5.88 Å². The molecule has 2 N–H and O–H groups in total. The fraction of sp³-hybridized carbons (Fsp3) is 0.143.